The molecule has 3 rings (SSSR count). The smallest absolute Gasteiger partial charge is 0.243 e. The summed E-state index contributed by atoms with van der Waals surface area (Å²) in [5, 5.41) is 3.85. The normalized spacial score (nSPS) is 14.9. The van der Waals surface area contributed by atoms with Gasteiger partial charge in [0.2, 0.25) is 11.8 Å². The van der Waals surface area contributed by atoms with Crippen molar-refractivity contribution in [3.05, 3.63) is 70.2 Å². The molecular weight excluding hydrogens is 408 g/mol. The van der Waals surface area contributed by atoms with Crippen molar-refractivity contribution in [1.82, 2.24) is 10.2 Å². The highest BCUT2D eigenvalue weighted by atomic mass is 35.5. The third-order valence-electron chi connectivity index (χ3n) is 6.10. The molecule has 0 radical (unpaired) electrons. The van der Waals surface area contributed by atoms with Crippen LogP contribution >= 0.6 is 11.6 Å². The molecule has 166 valence electrons. The zero-order valence-corrected chi connectivity index (χ0v) is 19.3. The number of aryl methyl sites for hydroxylation is 2. The first kappa shape index (κ1) is 23.3. The zero-order valence-electron chi connectivity index (χ0n) is 18.6. The molecule has 2 aromatic rings. The minimum Gasteiger partial charge on any atom is -0.352 e. The van der Waals surface area contributed by atoms with E-state index in [1.165, 1.54) is 5.56 Å². The molecule has 0 saturated heterocycles. The van der Waals surface area contributed by atoms with Crippen molar-refractivity contribution in [3.63, 3.8) is 0 Å². The summed E-state index contributed by atoms with van der Waals surface area (Å²) < 4.78 is 0. The quantitative estimate of drug-likeness (QED) is 0.563. The van der Waals surface area contributed by atoms with Gasteiger partial charge in [0.05, 0.1) is 0 Å². The summed E-state index contributed by atoms with van der Waals surface area (Å²) >= 11 is 6.03. The van der Waals surface area contributed by atoms with Crippen LogP contribution < -0.4 is 5.32 Å². The predicted molar refractivity (Wildman–Crippen MR) is 126 cm³/mol. The zero-order chi connectivity index (χ0) is 22.2. The number of carbonyl (C=O) groups is 2. The van der Waals surface area contributed by atoms with Gasteiger partial charge in [0.15, 0.2) is 0 Å². The Kier molecular flexibility index (Phi) is 8.53. The van der Waals surface area contributed by atoms with Gasteiger partial charge < -0.3 is 10.2 Å². The third kappa shape index (κ3) is 6.83. The molecule has 1 aliphatic carbocycles. The van der Waals surface area contributed by atoms with E-state index in [0.717, 1.165) is 36.8 Å². The lowest BCUT2D eigenvalue weighted by Crippen LogP contribution is -2.51. The van der Waals surface area contributed by atoms with Gasteiger partial charge in [0, 0.05) is 24.0 Å². The highest BCUT2D eigenvalue weighted by molar-refractivity contribution is 6.30. The molecule has 0 heterocycles. The fourth-order valence-corrected chi connectivity index (χ4v) is 4.35. The van der Waals surface area contributed by atoms with Gasteiger partial charge in [0.1, 0.15) is 6.04 Å². The largest absolute Gasteiger partial charge is 0.352 e. The molecule has 1 aliphatic rings. The number of halogens is 1. The minimum absolute atomic E-state index is 0.00365. The van der Waals surface area contributed by atoms with Crippen molar-refractivity contribution in [1.29, 1.82) is 0 Å². The van der Waals surface area contributed by atoms with E-state index < -0.39 is 6.04 Å². The minimum atomic E-state index is -0.471. The van der Waals surface area contributed by atoms with E-state index in [0.29, 0.717) is 30.8 Å². The van der Waals surface area contributed by atoms with Crippen molar-refractivity contribution in [2.75, 3.05) is 0 Å². The van der Waals surface area contributed by atoms with Crippen LogP contribution in [0.25, 0.3) is 0 Å². The summed E-state index contributed by atoms with van der Waals surface area (Å²) in [6.07, 6.45) is 6.00. The first-order valence-electron chi connectivity index (χ1n) is 11.4. The summed E-state index contributed by atoms with van der Waals surface area (Å²) in [6, 6.07) is 15.5. The Bertz CT molecular complexity index is 858. The molecule has 4 nitrogen and oxygen atoms in total. The van der Waals surface area contributed by atoms with Gasteiger partial charge in [0.25, 0.3) is 0 Å². The molecule has 1 saturated carbocycles. The Hall–Kier alpha value is -2.33. The van der Waals surface area contributed by atoms with Gasteiger partial charge in [-0.25, -0.2) is 0 Å². The highest BCUT2D eigenvalue weighted by Crippen LogP contribution is 2.20. The monoisotopic (exact) mass is 440 g/mol. The SMILES string of the molecule is CC[C@@H](C(=O)NC1CCCC1)N(Cc1ccc(Cl)cc1)C(=O)CCc1ccc(C)cc1. The van der Waals surface area contributed by atoms with Gasteiger partial charge in [-0.2, -0.15) is 0 Å². The number of nitrogens with zero attached hydrogens (tertiary/aromatic N) is 1. The maximum absolute atomic E-state index is 13.3. The van der Waals surface area contributed by atoms with Crippen molar-refractivity contribution >= 4 is 23.4 Å². The molecule has 0 unspecified atom stereocenters. The number of hydrogen-bond acceptors (Lipinski definition) is 2. The third-order valence-corrected chi connectivity index (χ3v) is 6.35. The molecule has 0 aliphatic heterocycles. The number of amides is 2. The van der Waals surface area contributed by atoms with Crippen LogP contribution in [0.3, 0.4) is 0 Å². The number of carbonyl (C=O) groups excluding carboxylic acids is 2. The van der Waals surface area contributed by atoms with Crippen molar-refractivity contribution < 1.29 is 9.59 Å². The van der Waals surface area contributed by atoms with Crippen molar-refractivity contribution in [3.8, 4) is 0 Å². The van der Waals surface area contributed by atoms with Crippen LogP contribution in [0.1, 0.15) is 62.1 Å². The second kappa shape index (κ2) is 11.3. The van der Waals surface area contributed by atoms with Crippen molar-refractivity contribution in [2.24, 2.45) is 0 Å². The number of rotatable bonds is 9. The standard InChI is InChI=1S/C26H33ClN2O2/c1-3-24(26(31)28-23-6-4-5-7-23)29(18-21-12-15-22(27)16-13-21)25(30)17-14-20-10-8-19(2)9-11-20/h8-13,15-16,23-24H,3-7,14,17-18H2,1-2H3,(H,28,31)/t24-/m0/s1. The Morgan fingerprint density at radius 1 is 1.03 bits per heavy atom. The van der Waals surface area contributed by atoms with E-state index in [1.807, 2.05) is 31.2 Å². The first-order chi connectivity index (χ1) is 15.0. The van der Waals surface area contributed by atoms with E-state index in [1.54, 1.807) is 4.90 Å². The predicted octanol–water partition coefficient (Wildman–Crippen LogP) is 5.45. The van der Waals surface area contributed by atoms with E-state index in [-0.39, 0.29) is 17.9 Å². The first-order valence-corrected chi connectivity index (χ1v) is 11.7. The maximum Gasteiger partial charge on any atom is 0.243 e. The lowest BCUT2D eigenvalue weighted by atomic mass is 10.0. The lowest BCUT2D eigenvalue weighted by Gasteiger charge is -2.31. The fourth-order valence-electron chi connectivity index (χ4n) is 4.22. The fraction of sp³-hybridized carbons (Fsp3) is 0.462. The Balaban J connectivity index is 1.74. The second-order valence-corrected chi connectivity index (χ2v) is 8.98. The summed E-state index contributed by atoms with van der Waals surface area (Å²) in [7, 11) is 0. The van der Waals surface area contributed by atoms with E-state index in [2.05, 4.69) is 36.5 Å². The molecule has 0 spiro atoms. The van der Waals surface area contributed by atoms with Crippen molar-refractivity contribution in [2.45, 2.75) is 77.4 Å². The molecule has 1 atom stereocenters. The molecule has 0 aromatic heterocycles. The van der Waals surface area contributed by atoms with Gasteiger partial charge in [-0.3, -0.25) is 9.59 Å². The Labute approximate surface area is 191 Å². The summed E-state index contributed by atoms with van der Waals surface area (Å²) in [6.45, 7) is 4.43. The average Bonchev–Trinajstić information content (AvgIpc) is 3.27. The van der Waals surface area contributed by atoms with Crippen LogP contribution in [0.15, 0.2) is 48.5 Å². The summed E-state index contributed by atoms with van der Waals surface area (Å²) in [4.78, 5) is 28.2. The van der Waals surface area contributed by atoms with E-state index >= 15 is 0 Å². The summed E-state index contributed by atoms with van der Waals surface area (Å²) in [5.74, 6) is -0.0315. The van der Waals surface area contributed by atoms with Gasteiger partial charge in [-0.05, 0) is 55.9 Å². The molecule has 5 heteroatoms. The number of nitrogens with one attached hydrogen (secondary N) is 1. The molecular formula is C26H33ClN2O2. The van der Waals surface area contributed by atoms with Crippen LogP contribution in [0.5, 0.6) is 0 Å². The number of hydrogen-bond donors (Lipinski definition) is 1. The molecule has 2 aromatic carbocycles. The molecule has 31 heavy (non-hydrogen) atoms. The molecule has 0 bridgehead atoms. The van der Waals surface area contributed by atoms with E-state index in [4.69, 9.17) is 11.6 Å². The van der Waals surface area contributed by atoms with Crippen LogP contribution in [0.4, 0.5) is 0 Å². The highest BCUT2D eigenvalue weighted by Gasteiger charge is 2.30. The van der Waals surface area contributed by atoms with Gasteiger partial charge in [-0.1, -0.05) is 73.3 Å². The maximum atomic E-state index is 13.3. The van der Waals surface area contributed by atoms with Gasteiger partial charge >= 0.3 is 0 Å². The number of benzene rings is 2. The van der Waals surface area contributed by atoms with Crippen LogP contribution in [-0.4, -0.2) is 28.8 Å². The Morgan fingerprint density at radius 3 is 2.26 bits per heavy atom. The molecule has 1 fully saturated rings. The van der Waals surface area contributed by atoms with Gasteiger partial charge in [-0.15, -0.1) is 0 Å². The average molecular weight is 441 g/mol. The van der Waals surface area contributed by atoms with Crippen LogP contribution in [-0.2, 0) is 22.6 Å². The molecule has 1 N–H and O–H groups in total. The van der Waals surface area contributed by atoms with Crippen LogP contribution in [0.2, 0.25) is 5.02 Å². The van der Waals surface area contributed by atoms with E-state index in [9.17, 15) is 9.59 Å². The second-order valence-electron chi connectivity index (χ2n) is 8.55. The lowest BCUT2D eigenvalue weighted by molar-refractivity contribution is -0.141. The topological polar surface area (TPSA) is 49.4 Å². The Morgan fingerprint density at radius 2 is 1.65 bits per heavy atom. The summed E-state index contributed by atoms with van der Waals surface area (Å²) in [5.41, 5.74) is 3.31. The molecule has 2 amide bonds. The van der Waals surface area contributed by atoms with Crippen LogP contribution in [0, 0.1) is 6.92 Å².